The number of nitro groups is 3. The van der Waals surface area contributed by atoms with Crippen LogP contribution >= 0.6 is 0 Å². The summed E-state index contributed by atoms with van der Waals surface area (Å²) in [5.74, 6) is 0. The molecule has 74 valence electrons. The Labute approximate surface area is 71.8 Å². The van der Waals surface area contributed by atoms with Crippen LogP contribution in [0.2, 0.25) is 0 Å². The van der Waals surface area contributed by atoms with Crippen molar-refractivity contribution in [3.8, 4) is 0 Å². The summed E-state index contributed by atoms with van der Waals surface area (Å²) in [4.78, 5) is 27.1. The van der Waals surface area contributed by atoms with Crippen LogP contribution < -0.4 is 0 Å². The summed E-state index contributed by atoms with van der Waals surface area (Å²) in [6, 6.07) is -1.29. The van der Waals surface area contributed by atoms with Crippen molar-refractivity contribution in [3.63, 3.8) is 0 Å². The largest absolute Gasteiger partial charge is 0.457 e. The number of rotatable bonds is 5. The lowest BCUT2D eigenvalue weighted by Gasteiger charge is -2.02. The first kappa shape index (κ1) is 11.2. The molecule has 0 rings (SSSR count). The molecule has 1 unspecified atom stereocenters. The molecule has 9 heteroatoms. The molecule has 0 aliphatic heterocycles. The maximum Gasteiger partial charge on any atom is 0.457 e. The molecule has 0 bridgehead atoms. The van der Waals surface area contributed by atoms with Crippen molar-refractivity contribution in [1.29, 1.82) is 0 Å². The molecule has 0 saturated heterocycles. The number of hydrogen-bond acceptors (Lipinski definition) is 6. The summed E-state index contributed by atoms with van der Waals surface area (Å²) >= 11 is 0. The Morgan fingerprint density at radius 3 is 1.62 bits per heavy atom. The predicted molar refractivity (Wildman–Crippen MR) is 38.9 cm³/mol. The average Bonchev–Trinajstić information content (AvgIpc) is 1.97. The minimum atomic E-state index is -2.10. The minimum absolute atomic E-state index is 0.701. The predicted octanol–water partition coefficient (Wildman–Crippen LogP) is -0.0788. The molecule has 0 aromatic heterocycles. The lowest BCUT2D eigenvalue weighted by atomic mass is 10.2. The maximum absolute atomic E-state index is 10.0. The Hall–Kier alpha value is -1.80. The van der Waals surface area contributed by atoms with Crippen molar-refractivity contribution in [3.05, 3.63) is 30.3 Å². The fourth-order valence-electron chi connectivity index (χ4n) is 0.640. The first-order valence-electron chi connectivity index (χ1n) is 3.26. The van der Waals surface area contributed by atoms with Gasteiger partial charge in [0, 0.05) is 11.8 Å². The highest BCUT2D eigenvalue weighted by Crippen LogP contribution is 2.04. The van der Waals surface area contributed by atoms with Gasteiger partial charge in [0.05, 0.1) is 9.85 Å². The van der Waals surface area contributed by atoms with E-state index in [2.05, 4.69) is 0 Å². The SMILES string of the molecule is CC(CC([N+](=O)[O-])[N+](=O)[O-])[N+](=O)[O-]. The van der Waals surface area contributed by atoms with Gasteiger partial charge in [0.1, 0.15) is 0 Å². The van der Waals surface area contributed by atoms with Crippen LogP contribution in [0.5, 0.6) is 0 Å². The van der Waals surface area contributed by atoms with Gasteiger partial charge in [0.15, 0.2) is 6.42 Å². The molecule has 0 fully saturated rings. The summed E-state index contributed by atoms with van der Waals surface area (Å²) in [5.41, 5.74) is 0. The third-order valence-electron chi connectivity index (χ3n) is 1.40. The molecule has 0 N–H and O–H groups in total. The standard InChI is InChI=1S/C4H7N3O6/c1-3(5(8)9)2-4(6(10)11)7(12)13/h3-4H,2H2,1H3. The lowest BCUT2D eigenvalue weighted by Crippen LogP contribution is -2.34. The van der Waals surface area contributed by atoms with E-state index < -0.39 is 33.4 Å². The number of hydrogen-bond donors (Lipinski definition) is 0. The fourth-order valence-corrected chi connectivity index (χ4v) is 0.640. The third kappa shape index (κ3) is 3.40. The zero-order valence-corrected chi connectivity index (χ0v) is 6.65. The van der Waals surface area contributed by atoms with Crippen LogP contribution in [0.25, 0.3) is 0 Å². The van der Waals surface area contributed by atoms with Crippen LogP contribution in [0.1, 0.15) is 13.3 Å². The highest BCUT2D eigenvalue weighted by atomic mass is 16.7. The molecule has 13 heavy (non-hydrogen) atoms. The fraction of sp³-hybridized carbons (Fsp3) is 1.00. The Bertz CT molecular complexity index is 226. The van der Waals surface area contributed by atoms with Crippen molar-refractivity contribution in [2.75, 3.05) is 0 Å². The van der Waals surface area contributed by atoms with Crippen LogP contribution in [-0.4, -0.2) is 27.0 Å². The first-order valence-corrected chi connectivity index (χ1v) is 3.26. The van der Waals surface area contributed by atoms with Gasteiger partial charge in [-0.3, -0.25) is 30.3 Å². The molecule has 0 radical (unpaired) electrons. The molecule has 0 spiro atoms. The Morgan fingerprint density at radius 2 is 1.38 bits per heavy atom. The van der Waals surface area contributed by atoms with Crippen LogP contribution in [-0.2, 0) is 0 Å². The normalized spacial score (nSPS) is 12.5. The molecule has 0 heterocycles. The first-order chi connectivity index (χ1) is 5.86. The second-order valence-corrected chi connectivity index (χ2v) is 2.42. The van der Waals surface area contributed by atoms with E-state index in [9.17, 15) is 30.3 Å². The Morgan fingerprint density at radius 1 is 1.00 bits per heavy atom. The van der Waals surface area contributed by atoms with E-state index in [1.165, 1.54) is 0 Å². The summed E-state index contributed by atoms with van der Waals surface area (Å²) in [7, 11) is 0. The van der Waals surface area contributed by atoms with Crippen molar-refractivity contribution >= 4 is 0 Å². The zero-order valence-electron chi connectivity index (χ0n) is 6.65. The molecular weight excluding hydrogens is 186 g/mol. The smallest absolute Gasteiger partial charge is 0.264 e. The average molecular weight is 193 g/mol. The van der Waals surface area contributed by atoms with E-state index in [-0.39, 0.29) is 0 Å². The Balaban J connectivity index is 4.35. The van der Waals surface area contributed by atoms with Crippen molar-refractivity contribution < 1.29 is 14.8 Å². The zero-order chi connectivity index (χ0) is 10.6. The van der Waals surface area contributed by atoms with E-state index in [0.29, 0.717) is 0 Å². The molecule has 0 aromatic rings. The van der Waals surface area contributed by atoms with E-state index >= 15 is 0 Å². The van der Waals surface area contributed by atoms with Crippen molar-refractivity contribution in [2.45, 2.75) is 25.6 Å². The van der Waals surface area contributed by atoms with E-state index in [1.54, 1.807) is 0 Å². The van der Waals surface area contributed by atoms with Gasteiger partial charge < -0.3 is 0 Å². The van der Waals surface area contributed by atoms with Crippen LogP contribution in [0.15, 0.2) is 0 Å². The summed E-state index contributed by atoms with van der Waals surface area (Å²) in [6.07, 6.45) is -2.80. The summed E-state index contributed by atoms with van der Waals surface area (Å²) in [5, 5.41) is 30.1. The van der Waals surface area contributed by atoms with E-state index in [4.69, 9.17) is 0 Å². The molecule has 0 amide bonds. The minimum Gasteiger partial charge on any atom is -0.264 e. The topological polar surface area (TPSA) is 129 Å². The summed E-state index contributed by atoms with van der Waals surface area (Å²) in [6.45, 7) is 1.08. The molecular formula is C4H7N3O6. The molecule has 0 aliphatic carbocycles. The van der Waals surface area contributed by atoms with Gasteiger partial charge in [-0.15, -0.1) is 0 Å². The van der Waals surface area contributed by atoms with Crippen molar-refractivity contribution in [1.82, 2.24) is 0 Å². The number of nitrogens with zero attached hydrogens (tertiary/aromatic N) is 3. The van der Waals surface area contributed by atoms with Crippen LogP contribution in [0, 0.1) is 30.3 Å². The van der Waals surface area contributed by atoms with Gasteiger partial charge in [0.25, 0.3) is 0 Å². The monoisotopic (exact) mass is 193 g/mol. The molecule has 0 aliphatic rings. The van der Waals surface area contributed by atoms with Crippen molar-refractivity contribution in [2.24, 2.45) is 0 Å². The highest BCUT2D eigenvalue weighted by Gasteiger charge is 2.38. The molecule has 0 aromatic carbocycles. The maximum atomic E-state index is 10.0. The van der Waals surface area contributed by atoms with Gasteiger partial charge in [-0.05, 0) is 0 Å². The Kier molecular flexibility index (Phi) is 3.69. The van der Waals surface area contributed by atoms with Gasteiger partial charge in [0.2, 0.25) is 6.04 Å². The summed E-state index contributed by atoms with van der Waals surface area (Å²) < 4.78 is 0. The third-order valence-corrected chi connectivity index (χ3v) is 1.40. The second-order valence-electron chi connectivity index (χ2n) is 2.42. The van der Waals surface area contributed by atoms with Gasteiger partial charge >= 0.3 is 6.17 Å². The van der Waals surface area contributed by atoms with Crippen LogP contribution in [0.3, 0.4) is 0 Å². The van der Waals surface area contributed by atoms with Gasteiger partial charge in [-0.1, -0.05) is 0 Å². The molecule has 1 atom stereocenters. The van der Waals surface area contributed by atoms with E-state index in [1.807, 2.05) is 0 Å². The molecule has 0 saturated carbocycles. The lowest BCUT2D eigenvalue weighted by molar-refractivity contribution is -0.748. The quantitative estimate of drug-likeness (QED) is 0.341. The van der Waals surface area contributed by atoms with Crippen LogP contribution in [0.4, 0.5) is 0 Å². The van der Waals surface area contributed by atoms with Gasteiger partial charge in [-0.25, -0.2) is 0 Å². The highest BCUT2D eigenvalue weighted by molar-refractivity contribution is 4.51. The second kappa shape index (κ2) is 4.28. The molecule has 9 nitrogen and oxygen atoms in total. The van der Waals surface area contributed by atoms with Gasteiger partial charge in [-0.2, -0.15) is 0 Å². The van der Waals surface area contributed by atoms with E-state index in [0.717, 1.165) is 6.92 Å².